The van der Waals surface area contributed by atoms with Crippen molar-refractivity contribution in [3.05, 3.63) is 0 Å². The van der Waals surface area contributed by atoms with E-state index >= 15 is 0 Å². The number of piperazine rings is 1. The fourth-order valence-corrected chi connectivity index (χ4v) is 2.45. The van der Waals surface area contributed by atoms with E-state index in [0.717, 1.165) is 6.42 Å². The van der Waals surface area contributed by atoms with Crippen LogP contribution in [0.2, 0.25) is 0 Å². The number of carbonyl (C=O) groups is 3. The van der Waals surface area contributed by atoms with Crippen LogP contribution in [0.25, 0.3) is 0 Å². The second kappa shape index (κ2) is 5.90. The minimum atomic E-state index is -0.109. The molecule has 2 fully saturated rings. The van der Waals surface area contributed by atoms with Crippen molar-refractivity contribution < 1.29 is 14.4 Å². The zero-order valence-electron chi connectivity index (χ0n) is 11.2. The Balaban J connectivity index is 1.79. The topological polar surface area (TPSA) is 73.0 Å². The van der Waals surface area contributed by atoms with Gasteiger partial charge >= 0.3 is 6.03 Å². The van der Waals surface area contributed by atoms with Gasteiger partial charge in [-0.05, 0) is 6.42 Å². The third-order valence-electron chi connectivity index (χ3n) is 3.63. The van der Waals surface area contributed by atoms with Crippen molar-refractivity contribution >= 4 is 17.8 Å². The molecule has 0 aromatic rings. The van der Waals surface area contributed by atoms with E-state index in [2.05, 4.69) is 5.32 Å². The maximum atomic E-state index is 12.1. The summed E-state index contributed by atoms with van der Waals surface area (Å²) < 4.78 is 0. The first kappa shape index (κ1) is 13.6. The number of nitrogens with one attached hydrogen (secondary N) is 1. The van der Waals surface area contributed by atoms with Crippen LogP contribution in [0.3, 0.4) is 0 Å². The third kappa shape index (κ3) is 3.15. The van der Waals surface area contributed by atoms with Gasteiger partial charge in [-0.3, -0.25) is 9.59 Å². The zero-order valence-corrected chi connectivity index (χ0v) is 11.2. The smallest absolute Gasteiger partial charge is 0.317 e. The lowest BCUT2D eigenvalue weighted by molar-refractivity contribution is -0.139. The van der Waals surface area contributed by atoms with E-state index in [9.17, 15) is 14.4 Å². The molecule has 7 nitrogen and oxygen atoms in total. The van der Waals surface area contributed by atoms with Crippen LogP contribution in [0.1, 0.15) is 12.8 Å². The van der Waals surface area contributed by atoms with Crippen LogP contribution in [-0.4, -0.2) is 78.9 Å². The van der Waals surface area contributed by atoms with E-state index in [-0.39, 0.29) is 24.4 Å². The number of rotatable bonds is 2. The average molecular weight is 268 g/mol. The normalized spacial score (nSPS) is 19.8. The number of hydrogen-bond acceptors (Lipinski definition) is 3. The molecule has 1 N–H and O–H groups in total. The van der Waals surface area contributed by atoms with Gasteiger partial charge in [-0.15, -0.1) is 0 Å². The Morgan fingerprint density at radius 3 is 2.26 bits per heavy atom. The average Bonchev–Trinajstić information content (AvgIpc) is 2.83. The van der Waals surface area contributed by atoms with E-state index < -0.39 is 0 Å². The number of likely N-dealkylation sites (tertiary alicyclic amines) is 1. The molecule has 7 heteroatoms. The van der Waals surface area contributed by atoms with Gasteiger partial charge in [0.25, 0.3) is 0 Å². The van der Waals surface area contributed by atoms with Gasteiger partial charge in [0.15, 0.2) is 0 Å². The fraction of sp³-hybridized carbons (Fsp3) is 0.750. The molecule has 2 aliphatic rings. The molecule has 0 bridgehead atoms. The maximum absolute atomic E-state index is 12.1. The minimum absolute atomic E-state index is 0.0215. The quantitative estimate of drug-likeness (QED) is 0.705. The van der Waals surface area contributed by atoms with Crippen molar-refractivity contribution in [3.63, 3.8) is 0 Å². The number of urea groups is 1. The summed E-state index contributed by atoms with van der Waals surface area (Å²) in [7, 11) is 1.60. The number of carbonyl (C=O) groups excluding carboxylic acids is 3. The third-order valence-corrected chi connectivity index (χ3v) is 3.63. The summed E-state index contributed by atoms with van der Waals surface area (Å²) in [6.45, 7) is 3.02. The molecule has 106 valence electrons. The predicted octanol–water partition coefficient (Wildman–Crippen LogP) is -0.908. The molecule has 0 aromatic heterocycles. The Morgan fingerprint density at radius 1 is 1.11 bits per heavy atom. The summed E-state index contributed by atoms with van der Waals surface area (Å²) in [4.78, 5) is 40.0. The molecule has 19 heavy (non-hydrogen) atoms. The first-order valence-corrected chi connectivity index (χ1v) is 6.64. The molecule has 0 aromatic carbocycles. The summed E-state index contributed by atoms with van der Waals surface area (Å²) in [5.74, 6) is 0.0455. The number of amides is 4. The standard InChI is InChI=1S/C12H20N4O3/c1-13-12(19)15-7-5-14(6-8-15)11(18)9-16-4-2-3-10(16)17/h2-9H2,1H3,(H,13,19). The van der Waals surface area contributed by atoms with Crippen LogP contribution in [0.5, 0.6) is 0 Å². The van der Waals surface area contributed by atoms with E-state index in [1.807, 2.05) is 0 Å². The van der Waals surface area contributed by atoms with Crippen LogP contribution in [0.15, 0.2) is 0 Å². The van der Waals surface area contributed by atoms with E-state index in [1.165, 1.54) is 0 Å². The Bertz CT molecular complexity index is 377. The molecular weight excluding hydrogens is 248 g/mol. The molecular formula is C12H20N4O3. The highest BCUT2D eigenvalue weighted by atomic mass is 16.2. The molecule has 2 aliphatic heterocycles. The van der Waals surface area contributed by atoms with Gasteiger partial charge in [-0.1, -0.05) is 0 Å². The first-order chi connectivity index (χ1) is 9.11. The largest absolute Gasteiger partial charge is 0.341 e. The van der Waals surface area contributed by atoms with Gasteiger partial charge in [-0.2, -0.15) is 0 Å². The number of hydrogen-bond donors (Lipinski definition) is 1. The number of nitrogens with zero attached hydrogens (tertiary/aromatic N) is 3. The summed E-state index contributed by atoms with van der Waals surface area (Å²) in [6.07, 6.45) is 1.40. The lowest BCUT2D eigenvalue weighted by Crippen LogP contribution is -2.54. The fourth-order valence-electron chi connectivity index (χ4n) is 2.45. The Kier molecular flexibility index (Phi) is 4.24. The Hall–Kier alpha value is -1.79. The first-order valence-electron chi connectivity index (χ1n) is 6.64. The summed E-state index contributed by atoms with van der Waals surface area (Å²) in [5.41, 5.74) is 0. The highest BCUT2D eigenvalue weighted by Gasteiger charge is 2.27. The molecule has 4 amide bonds. The highest BCUT2D eigenvalue weighted by Crippen LogP contribution is 2.10. The van der Waals surface area contributed by atoms with Gasteiger partial charge in [0.2, 0.25) is 11.8 Å². The van der Waals surface area contributed by atoms with Gasteiger partial charge < -0.3 is 20.0 Å². The molecule has 0 atom stereocenters. The van der Waals surface area contributed by atoms with Crippen molar-refractivity contribution in [1.82, 2.24) is 20.0 Å². The van der Waals surface area contributed by atoms with Crippen LogP contribution < -0.4 is 5.32 Å². The van der Waals surface area contributed by atoms with Crippen LogP contribution in [0, 0.1) is 0 Å². The second-order valence-corrected chi connectivity index (χ2v) is 4.84. The van der Waals surface area contributed by atoms with Crippen LogP contribution in [0.4, 0.5) is 4.79 Å². The molecule has 2 saturated heterocycles. The molecule has 0 unspecified atom stereocenters. The predicted molar refractivity (Wildman–Crippen MR) is 68.4 cm³/mol. The van der Waals surface area contributed by atoms with Gasteiger partial charge in [-0.25, -0.2) is 4.79 Å². The van der Waals surface area contributed by atoms with Crippen LogP contribution in [-0.2, 0) is 9.59 Å². The lowest BCUT2D eigenvalue weighted by atomic mass is 10.3. The van der Waals surface area contributed by atoms with Crippen LogP contribution >= 0.6 is 0 Å². The Labute approximate surface area is 112 Å². The highest BCUT2D eigenvalue weighted by molar-refractivity contribution is 5.86. The lowest BCUT2D eigenvalue weighted by Gasteiger charge is -2.35. The van der Waals surface area contributed by atoms with Gasteiger partial charge in [0.05, 0.1) is 6.54 Å². The maximum Gasteiger partial charge on any atom is 0.317 e. The second-order valence-electron chi connectivity index (χ2n) is 4.84. The van der Waals surface area contributed by atoms with E-state index in [0.29, 0.717) is 39.1 Å². The Morgan fingerprint density at radius 2 is 1.74 bits per heavy atom. The molecule has 2 heterocycles. The molecule has 0 aliphatic carbocycles. The summed E-state index contributed by atoms with van der Waals surface area (Å²) >= 11 is 0. The van der Waals surface area contributed by atoms with Crippen molar-refractivity contribution in [2.45, 2.75) is 12.8 Å². The van der Waals surface area contributed by atoms with Crippen molar-refractivity contribution in [1.29, 1.82) is 0 Å². The van der Waals surface area contributed by atoms with E-state index in [4.69, 9.17) is 0 Å². The SMILES string of the molecule is CNC(=O)N1CCN(C(=O)CN2CCCC2=O)CC1. The molecule has 2 rings (SSSR count). The molecule has 0 radical (unpaired) electrons. The minimum Gasteiger partial charge on any atom is -0.341 e. The van der Waals surface area contributed by atoms with Gasteiger partial charge in [0.1, 0.15) is 0 Å². The van der Waals surface area contributed by atoms with E-state index in [1.54, 1.807) is 21.7 Å². The van der Waals surface area contributed by atoms with Crippen molar-refractivity contribution in [2.75, 3.05) is 46.3 Å². The van der Waals surface area contributed by atoms with Crippen molar-refractivity contribution in [3.8, 4) is 0 Å². The van der Waals surface area contributed by atoms with Crippen molar-refractivity contribution in [2.24, 2.45) is 0 Å². The molecule has 0 saturated carbocycles. The molecule has 0 spiro atoms. The van der Waals surface area contributed by atoms with Gasteiger partial charge in [0, 0.05) is 46.2 Å². The monoisotopic (exact) mass is 268 g/mol. The summed E-state index contributed by atoms with van der Waals surface area (Å²) in [6, 6.07) is -0.109. The zero-order chi connectivity index (χ0) is 13.8. The summed E-state index contributed by atoms with van der Waals surface area (Å²) in [5, 5.41) is 2.57.